The number of benzene rings is 2. The summed E-state index contributed by atoms with van der Waals surface area (Å²) in [6.07, 6.45) is 1.84. The van der Waals surface area contributed by atoms with Gasteiger partial charge in [-0.15, -0.1) is 0 Å². The third kappa shape index (κ3) is 2.99. The standard InChI is InChI=1S/C17H17N3OS/c1-3-22-17-19-15-6-4-5-7-16(15)20(17)18-12-13-8-10-14(21-2)11-9-13/h4-12H,3H2,1-2H3. The quantitative estimate of drug-likeness (QED) is 0.527. The molecule has 0 spiro atoms. The van der Waals surface area contributed by atoms with Gasteiger partial charge in [0.05, 0.1) is 24.4 Å². The minimum atomic E-state index is 0.840. The predicted octanol–water partition coefficient (Wildman–Crippen LogP) is 4.04. The zero-order valence-corrected chi connectivity index (χ0v) is 13.4. The lowest BCUT2D eigenvalue weighted by Gasteiger charge is -2.02. The summed E-state index contributed by atoms with van der Waals surface area (Å²) in [7, 11) is 1.66. The molecule has 1 aromatic heterocycles. The highest BCUT2D eigenvalue weighted by Gasteiger charge is 2.08. The third-order valence-electron chi connectivity index (χ3n) is 3.22. The van der Waals surface area contributed by atoms with E-state index in [1.165, 1.54) is 0 Å². The monoisotopic (exact) mass is 311 g/mol. The first-order chi connectivity index (χ1) is 10.8. The Morgan fingerprint density at radius 3 is 2.68 bits per heavy atom. The fraction of sp³-hybridized carbons (Fsp3) is 0.176. The zero-order valence-electron chi connectivity index (χ0n) is 12.6. The van der Waals surface area contributed by atoms with Crippen molar-refractivity contribution in [3.05, 3.63) is 54.1 Å². The summed E-state index contributed by atoms with van der Waals surface area (Å²) in [6.45, 7) is 2.11. The number of hydrogen-bond acceptors (Lipinski definition) is 4. The van der Waals surface area contributed by atoms with E-state index < -0.39 is 0 Å². The maximum Gasteiger partial charge on any atom is 0.189 e. The van der Waals surface area contributed by atoms with Crippen molar-refractivity contribution < 1.29 is 4.74 Å². The van der Waals surface area contributed by atoms with Crippen molar-refractivity contribution in [3.63, 3.8) is 0 Å². The SMILES string of the molecule is CCSc1nc2ccccc2n1N=Cc1ccc(OC)cc1. The van der Waals surface area contributed by atoms with E-state index in [1.807, 2.05) is 59.4 Å². The molecule has 0 N–H and O–H groups in total. The number of para-hydroxylation sites is 2. The van der Waals surface area contributed by atoms with E-state index in [4.69, 9.17) is 4.74 Å². The second-order valence-corrected chi connectivity index (χ2v) is 5.88. The first-order valence-corrected chi connectivity index (χ1v) is 8.09. The maximum absolute atomic E-state index is 5.17. The van der Waals surface area contributed by atoms with Crippen molar-refractivity contribution in [2.75, 3.05) is 12.9 Å². The van der Waals surface area contributed by atoms with Crippen LogP contribution in [0.5, 0.6) is 5.75 Å². The molecule has 0 radical (unpaired) electrons. The molecule has 0 bridgehead atoms. The van der Waals surface area contributed by atoms with Crippen LogP contribution >= 0.6 is 11.8 Å². The molecule has 2 aromatic carbocycles. The number of fused-ring (bicyclic) bond motifs is 1. The van der Waals surface area contributed by atoms with E-state index in [2.05, 4.69) is 17.0 Å². The zero-order chi connectivity index (χ0) is 15.4. The Kier molecular flexibility index (Phi) is 4.44. The van der Waals surface area contributed by atoms with Crippen molar-refractivity contribution in [3.8, 4) is 5.75 Å². The van der Waals surface area contributed by atoms with Crippen molar-refractivity contribution in [2.45, 2.75) is 12.1 Å². The smallest absolute Gasteiger partial charge is 0.189 e. The summed E-state index contributed by atoms with van der Waals surface area (Å²) in [5, 5.41) is 5.52. The molecule has 0 aliphatic carbocycles. The Morgan fingerprint density at radius 2 is 1.95 bits per heavy atom. The maximum atomic E-state index is 5.17. The molecule has 22 heavy (non-hydrogen) atoms. The van der Waals surface area contributed by atoms with Crippen LogP contribution in [-0.4, -0.2) is 28.7 Å². The second-order valence-electron chi connectivity index (χ2n) is 4.65. The van der Waals surface area contributed by atoms with Crippen LogP contribution < -0.4 is 4.74 Å². The number of thioether (sulfide) groups is 1. The number of hydrogen-bond donors (Lipinski definition) is 0. The molecule has 1 heterocycles. The highest BCUT2D eigenvalue weighted by Crippen LogP contribution is 2.23. The van der Waals surface area contributed by atoms with Crippen molar-refractivity contribution in [2.24, 2.45) is 5.10 Å². The van der Waals surface area contributed by atoms with Crippen molar-refractivity contribution >= 4 is 29.0 Å². The van der Waals surface area contributed by atoms with E-state index in [0.29, 0.717) is 0 Å². The van der Waals surface area contributed by atoms with Gasteiger partial charge >= 0.3 is 0 Å². The lowest BCUT2D eigenvalue weighted by atomic mass is 10.2. The summed E-state index contributed by atoms with van der Waals surface area (Å²) < 4.78 is 7.06. The van der Waals surface area contributed by atoms with Crippen LogP contribution in [-0.2, 0) is 0 Å². The fourth-order valence-electron chi connectivity index (χ4n) is 2.14. The predicted molar refractivity (Wildman–Crippen MR) is 92.1 cm³/mol. The number of imidazole rings is 1. The van der Waals surface area contributed by atoms with Gasteiger partial charge in [-0.2, -0.15) is 5.10 Å². The van der Waals surface area contributed by atoms with Gasteiger partial charge < -0.3 is 4.74 Å². The van der Waals surface area contributed by atoms with Gasteiger partial charge in [0.2, 0.25) is 0 Å². The number of ether oxygens (including phenoxy) is 1. The van der Waals surface area contributed by atoms with Crippen LogP contribution in [0.3, 0.4) is 0 Å². The van der Waals surface area contributed by atoms with Gasteiger partial charge in [-0.3, -0.25) is 0 Å². The van der Waals surface area contributed by atoms with Crippen LogP contribution in [0, 0.1) is 0 Å². The van der Waals surface area contributed by atoms with E-state index in [-0.39, 0.29) is 0 Å². The summed E-state index contributed by atoms with van der Waals surface area (Å²) >= 11 is 1.69. The summed E-state index contributed by atoms with van der Waals surface area (Å²) in [6, 6.07) is 15.9. The van der Waals surface area contributed by atoms with Gasteiger partial charge in [0.15, 0.2) is 5.16 Å². The summed E-state index contributed by atoms with van der Waals surface area (Å²) in [5.74, 6) is 1.80. The Labute approximate surface area is 133 Å². The number of rotatable bonds is 5. The van der Waals surface area contributed by atoms with E-state index in [1.54, 1.807) is 18.9 Å². The van der Waals surface area contributed by atoms with Gasteiger partial charge in [0.25, 0.3) is 0 Å². The molecular formula is C17H17N3OS. The molecule has 0 atom stereocenters. The second kappa shape index (κ2) is 6.66. The van der Waals surface area contributed by atoms with Gasteiger partial charge in [0, 0.05) is 0 Å². The molecular weight excluding hydrogens is 294 g/mol. The Morgan fingerprint density at radius 1 is 1.18 bits per heavy atom. The van der Waals surface area contributed by atoms with Crippen LogP contribution in [0.2, 0.25) is 0 Å². The number of nitrogens with zero attached hydrogens (tertiary/aromatic N) is 3. The lowest BCUT2D eigenvalue weighted by molar-refractivity contribution is 0.415. The summed E-state index contributed by atoms with van der Waals surface area (Å²) in [4.78, 5) is 4.63. The first-order valence-electron chi connectivity index (χ1n) is 7.10. The fourth-order valence-corrected chi connectivity index (χ4v) is 2.83. The Balaban J connectivity index is 1.97. The van der Waals surface area contributed by atoms with Gasteiger partial charge in [-0.05, 0) is 47.7 Å². The minimum Gasteiger partial charge on any atom is -0.497 e. The van der Waals surface area contributed by atoms with Gasteiger partial charge in [-0.25, -0.2) is 9.66 Å². The Bertz CT molecular complexity index is 793. The molecule has 3 rings (SSSR count). The van der Waals surface area contributed by atoms with Crippen molar-refractivity contribution in [1.82, 2.24) is 9.66 Å². The number of aromatic nitrogens is 2. The number of methoxy groups -OCH3 is 1. The molecule has 5 heteroatoms. The first kappa shape index (κ1) is 14.7. The van der Waals surface area contributed by atoms with Crippen LogP contribution in [0.15, 0.2) is 58.8 Å². The van der Waals surface area contributed by atoms with Crippen molar-refractivity contribution in [1.29, 1.82) is 0 Å². The molecule has 112 valence electrons. The third-order valence-corrected chi connectivity index (χ3v) is 4.03. The topological polar surface area (TPSA) is 39.4 Å². The average Bonchev–Trinajstić information content (AvgIpc) is 2.91. The van der Waals surface area contributed by atoms with E-state index >= 15 is 0 Å². The van der Waals surface area contributed by atoms with Gasteiger partial charge in [0.1, 0.15) is 5.75 Å². The minimum absolute atomic E-state index is 0.840. The Hall–Kier alpha value is -2.27. The largest absolute Gasteiger partial charge is 0.497 e. The normalized spacial score (nSPS) is 11.4. The van der Waals surface area contributed by atoms with Gasteiger partial charge in [-0.1, -0.05) is 30.8 Å². The molecule has 3 aromatic rings. The average molecular weight is 311 g/mol. The van der Waals surface area contributed by atoms with E-state index in [0.717, 1.165) is 33.3 Å². The molecule has 0 amide bonds. The van der Waals surface area contributed by atoms with E-state index in [9.17, 15) is 0 Å². The molecule has 0 saturated carbocycles. The molecule has 0 unspecified atom stereocenters. The molecule has 0 saturated heterocycles. The molecule has 4 nitrogen and oxygen atoms in total. The highest BCUT2D eigenvalue weighted by molar-refractivity contribution is 7.99. The van der Waals surface area contributed by atoms with Crippen LogP contribution in [0.25, 0.3) is 11.0 Å². The molecule has 0 aliphatic rings. The van der Waals surface area contributed by atoms with Crippen LogP contribution in [0.4, 0.5) is 0 Å². The lowest BCUT2D eigenvalue weighted by Crippen LogP contribution is -1.93. The highest BCUT2D eigenvalue weighted by atomic mass is 32.2. The molecule has 0 aliphatic heterocycles. The van der Waals surface area contributed by atoms with Crippen LogP contribution in [0.1, 0.15) is 12.5 Å². The summed E-state index contributed by atoms with van der Waals surface area (Å²) in [5.41, 5.74) is 3.00. The molecule has 0 fully saturated rings.